The number of aryl methyl sites for hydroxylation is 2. The van der Waals surface area contributed by atoms with Crippen molar-refractivity contribution in [1.82, 2.24) is 9.47 Å². The monoisotopic (exact) mass is 369 g/mol. The Morgan fingerprint density at radius 2 is 1.74 bits per heavy atom. The van der Waals surface area contributed by atoms with Crippen molar-refractivity contribution in [2.75, 3.05) is 18.4 Å². The highest BCUT2D eigenvalue weighted by molar-refractivity contribution is 6.05. The van der Waals surface area contributed by atoms with E-state index in [0.29, 0.717) is 24.2 Å². The highest BCUT2D eigenvalue weighted by Gasteiger charge is 2.18. The predicted octanol–water partition coefficient (Wildman–Crippen LogP) is 3.21. The first kappa shape index (κ1) is 20.4. The molecule has 2 rings (SSSR count). The van der Waals surface area contributed by atoms with Gasteiger partial charge in [-0.25, -0.2) is 0 Å². The Morgan fingerprint density at radius 1 is 1.11 bits per heavy atom. The van der Waals surface area contributed by atoms with Crippen molar-refractivity contribution in [2.24, 2.45) is 7.05 Å². The molecule has 6 nitrogen and oxygen atoms in total. The third-order valence-electron chi connectivity index (χ3n) is 4.34. The maximum absolute atomic E-state index is 12.8. The predicted molar refractivity (Wildman–Crippen MR) is 107 cm³/mol. The molecule has 0 saturated carbocycles. The molecule has 0 fully saturated rings. The topological polar surface area (TPSA) is 71.4 Å². The van der Waals surface area contributed by atoms with Gasteiger partial charge in [-0.1, -0.05) is 32.0 Å². The van der Waals surface area contributed by atoms with Gasteiger partial charge in [-0.2, -0.15) is 0 Å². The largest absolute Gasteiger partial charge is 0.339 e. The maximum atomic E-state index is 12.8. The molecule has 0 bridgehead atoms. The molecule has 1 aromatic carbocycles. The fourth-order valence-corrected chi connectivity index (χ4v) is 2.97. The van der Waals surface area contributed by atoms with E-state index in [-0.39, 0.29) is 23.1 Å². The number of amides is 2. The number of hydrogen-bond donors (Lipinski definition) is 1. The Morgan fingerprint density at radius 3 is 2.33 bits per heavy atom. The number of anilines is 1. The van der Waals surface area contributed by atoms with Gasteiger partial charge in [-0.05, 0) is 37.5 Å². The summed E-state index contributed by atoms with van der Waals surface area (Å²) in [6.45, 7) is 7.18. The molecule has 27 heavy (non-hydrogen) atoms. The smallest absolute Gasteiger partial charge is 0.274 e. The Hall–Kier alpha value is -2.89. The summed E-state index contributed by atoms with van der Waals surface area (Å²) < 4.78 is 1.33. The highest BCUT2D eigenvalue weighted by atomic mass is 16.2. The van der Waals surface area contributed by atoms with Gasteiger partial charge in [0.25, 0.3) is 17.4 Å². The first-order valence-electron chi connectivity index (χ1n) is 9.26. The molecular formula is C21H27N3O3. The van der Waals surface area contributed by atoms with Crippen LogP contribution in [-0.4, -0.2) is 34.4 Å². The van der Waals surface area contributed by atoms with Crippen molar-refractivity contribution >= 4 is 17.5 Å². The normalized spacial score (nSPS) is 10.5. The van der Waals surface area contributed by atoms with Crippen molar-refractivity contribution in [2.45, 2.75) is 33.6 Å². The quantitative estimate of drug-likeness (QED) is 0.815. The number of carbonyl (C=O) groups excluding carboxylic acids is 2. The number of nitrogens with zero attached hydrogens (tertiary/aromatic N) is 2. The lowest BCUT2D eigenvalue weighted by Crippen LogP contribution is -2.34. The number of pyridine rings is 1. The molecule has 6 heteroatoms. The summed E-state index contributed by atoms with van der Waals surface area (Å²) >= 11 is 0. The van der Waals surface area contributed by atoms with Gasteiger partial charge in [-0.3, -0.25) is 14.4 Å². The van der Waals surface area contributed by atoms with Crippen LogP contribution >= 0.6 is 0 Å². The molecule has 0 unspecified atom stereocenters. The van der Waals surface area contributed by atoms with Crippen molar-refractivity contribution < 1.29 is 9.59 Å². The van der Waals surface area contributed by atoms with Gasteiger partial charge in [-0.15, -0.1) is 0 Å². The number of hydrogen-bond acceptors (Lipinski definition) is 3. The Balaban J connectivity index is 2.35. The highest BCUT2D eigenvalue weighted by Crippen LogP contribution is 2.13. The summed E-state index contributed by atoms with van der Waals surface area (Å²) in [5.74, 6) is -0.505. The van der Waals surface area contributed by atoms with Crippen molar-refractivity contribution in [3.05, 3.63) is 63.6 Å². The number of carbonyl (C=O) groups is 2. The van der Waals surface area contributed by atoms with Crippen LogP contribution in [0.15, 0.2) is 41.3 Å². The van der Waals surface area contributed by atoms with Crippen LogP contribution in [-0.2, 0) is 7.05 Å². The molecule has 2 aromatic rings. The number of aromatic nitrogens is 1. The summed E-state index contributed by atoms with van der Waals surface area (Å²) in [4.78, 5) is 39.6. The summed E-state index contributed by atoms with van der Waals surface area (Å²) in [6.07, 6.45) is 3.23. The van der Waals surface area contributed by atoms with E-state index in [1.54, 1.807) is 24.1 Å². The van der Waals surface area contributed by atoms with Crippen molar-refractivity contribution in [3.8, 4) is 0 Å². The van der Waals surface area contributed by atoms with Gasteiger partial charge in [0.1, 0.15) is 5.69 Å². The van der Waals surface area contributed by atoms with Crippen LogP contribution in [0.4, 0.5) is 5.69 Å². The number of benzene rings is 1. The van der Waals surface area contributed by atoms with Gasteiger partial charge >= 0.3 is 0 Å². The second-order valence-electron chi connectivity index (χ2n) is 6.62. The van der Waals surface area contributed by atoms with Gasteiger partial charge in [0, 0.05) is 31.9 Å². The zero-order valence-corrected chi connectivity index (χ0v) is 16.4. The fraction of sp³-hybridized carbons (Fsp3) is 0.381. The molecule has 0 spiro atoms. The molecule has 0 radical (unpaired) electrons. The minimum atomic E-state index is -0.367. The average Bonchev–Trinajstić information content (AvgIpc) is 2.64. The zero-order valence-electron chi connectivity index (χ0n) is 16.4. The van der Waals surface area contributed by atoms with Crippen LogP contribution in [0.1, 0.15) is 53.0 Å². The molecule has 0 aliphatic rings. The summed E-state index contributed by atoms with van der Waals surface area (Å²) in [5, 5.41) is 2.66. The maximum Gasteiger partial charge on any atom is 0.274 e. The minimum Gasteiger partial charge on any atom is -0.339 e. The van der Waals surface area contributed by atoms with Crippen LogP contribution < -0.4 is 10.9 Å². The molecule has 2 amide bonds. The number of rotatable bonds is 7. The van der Waals surface area contributed by atoms with E-state index in [2.05, 4.69) is 5.32 Å². The summed E-state index contributed by atoms with van der Waals surface area (Å²) in [6, 6.07) is 8.63. The lowest BCUT2D eigenvalue weighted by molar-refractivity contribution is 0.0754. The van der Waals surface area contributed by atoms with Crippen LogP contribution in [0, 0.1) is 6.92 Å². The van der Waals surface area contributed by atoms with Crippen LogP contribution in [0.25, 0.3) is 0 Å². The van der Waals surface area contributed by atoms with E-state index in [0.717, 1.165) is 18.4 Å². The Labute approximate surface area is 159 Å². The average molecular weight is 369 g/mol. The third-order valence-corrected chi connectivity index (χ3v) is 4.34. The fourth-order valence-electron chi connectivity index (χ4n) is 2.97. The van der Waals surface area contributed by atoms with E-state index in [4.69, 9.17) is 0 Å². The third kappa shape index (κ3) is 4.84. The molecule has 144 valence electrons. The van der Waals surface area contributed by atoms with Crippen LogP contribution in [0.2, 0.25) is 0 Å². The molecule has 1 aromatic heterocycles. The Kier molecular flexibility index (Phi) is 6.93. The lowest BCUT2D eigenvalue weighted by atomic mass is 10.1. The molecule has 0 aliphatic heterocycles. The zero-order chi connectivity index (χ0) is 20.0. The van der Waals surface area contributed by atoms with E-state index >= 15 is 0 Å². The van der Waals surface area contributed by atoms with E-state index in [9.17, 15) is 14.4 Å². The van der Waals surface area contributed by atoms with E-state index < -0.39 is 0 Å². The first-order valence-corrected chi connectivity index (χ1v) is 9.26. The van der Waals surface area contributed by atoms with Gasteiger partial charge in [0.2, 0.25) is 0 Å². The van der Waals surface area contributed by atoms with Crippen LogP contribution in [0.5, 0.6) is 0 Å². The molecule has 0 saturated heterocycles. The molecular weight excluding hydrogens is 342 g/mol. The molecule has 0 aliphatic carbocycles. The minimum absolute atomic E-state index is 0.101. The second kappa shape index (κ2) is 9.16. The molecule has 1 N–H and O–H groups in total. The molecule has 0 atom stereocenters. The number of nitrogens with one attached hydrogen (secondary N) is 1. The Bertz CT molecular complexity index is 880. The second-order valence-corrected chi connectivity index (χ2v) is 6.62. The van der Waals surface area contributed by atoms with Gasteiger partial charge < -0.3 is 14.8 Å². The van der Waals surface area contributed by atoms with Crippen molar-refractivity contribution in [3.63, 3.8) is 0 Å². The van der Waals surface area contributed by atoms with Crippen LogP contribution in [0.3, 0.4) is 0 Å². The summed E-state index contributed by atoms with van der Waals surface area (Å²) in [7, 11) is 1.58. The van der Waals surface area contributed by atoms with Gasteiger partial charge in [0.05, 0.1) is 5.56 Å². The first-order chi connectivity index (χ1) is 12.9. The summed E-state index contributed by atoms with van der Waals surface area (Å²) in [5.41, 5.74) is 1.45. The van der Waals surface area contributed by atoms with Crippen molar-refractivity contribution in [1.29, 1.82) is 0 Å². The lowest BCUT2D eigenvalue weighted by Gasteiger charge is -2.22. The molecule has 1 heterocycles. The standard InChI is InChI=1S/C21H27N3O3/c1-5-11-24(12-6-2)20(26)16-13-18(21(27)23(4)14-16)22-19(25)17-10-8-7-9-15(17)3/h7-10,13-14H,5-6,11-12H2,1-4H3,(H,22,25). The van der Waals surface area contributed by atoms with E-state index in [1.807, 2.05) is 32.9 Å². The SMILES string of the molecule is CCCN(CCC)C(=O)c1cc(NC(=O)c2ccccc2C)c(=O)n(C)c1. The van der Waals surface area contributed by atoms with E-state index in [1.165, 1.54) is 16.8 Å². The van der Waals surface area contributed by atoms with Gasteiger partial charge in [0.15, 0.2) is 0 Å².